The van der Waals surface area contributed by atoms with Crippen LogP contribution in [0.15, 0.2) is 71.6 Å². The highest BCUT2D eigenvalue weighted by atomic mass is 32.2. The van der Waals surface area contributed by atoms with E-state index in [0.29, 0.717) is 42.6 Å². The molecule has 0 unspecified atom stereocenters. The van der Waals surface area contributed by atoms with Crippen molar-refractivity contribution in [3.05, 3.63) is 77.9 Å². The Labute approximate surface area is 174 Å². The van der Waals surface area contributed by atoms with E-state index in [1.54, 1.807) is 36.0 Å². The minimum atomic E-state index is -0.188. The zero-order valence-corrected chi connectivity index (χ0v) is 16.8. The molecule has 148 valence electrons. The van der Waals surface area contributed by atoms with Crippen molar-refractivity contribution in [2.75, 3.05) is 24.8 Å². The van der Waals surface area contributed by atoms with E-state index in [1.807, 2.05) is 48.7 Å². The zero-order chi connectivity index (χ0) is 20.1. The average molecular weight is 407 g/mol. The van der Waals surface area contributed by atoms with Gasteiger partial charge in [-0.25, -0.2) is 0 Å². The first kappa shape index (κ1) is 19.2. The van der Waals surface area contributed by atoms with Gasteiger partial charge in [-0.15, -0.1) is 11.8 Å². The molecule has 0 atom stereocenters. The largest absolute Gasteiger partial charge is 0.489 e. The lowest BCUT2D eigenvalue weighted by molar-refractivity contribution is 0.102. The van der Waals surface area contributed by atoms with Gasteiger partial charge in [-0.1, -0.05) is 30.3 Å². The SMILES string of the molecule is CSc1cc2c(cc1NC(=O)c1ccc(OCc3ccccc3)cc1)OCCO2. The van der Waals surface area contributed by atoms with Crippen molar-refractivity contribution in [1.82, 2.24) is 0 Å². The second-order valence-corrected chi connectivity index (χ2v) is 7.30. The number of hydrogen-bond acceptors (Lipinski definition) is 5. The van der Waals surface area contributed by atoms with E-state index in [1.165, 1.54) is 0 Å². The normalized spacial score (nSPS) is 12.3. The fourth-order valence-corrected chi connectivity index (χ4v) is 3.53. The number of fused-ring (bicyclic) bond motifs is 1. The zero-order valence-electron chi connectivity index (χ0n) is 16.0. The van der Waals surface area contributed by atoms with Crippen molar-refractivity contribution in [3.8, 4) is 17.2 Å². The van der Waals surface area contributed by atoms with Crippen LogP contribution in [-0.4, -0.2) is 25.4 Å². The number of thioether (sulfide) groups is 1. The molecule has 0 saturated heterocycles. The maximum Gasteiger partial charge on any atom is 0.255 e. The van der Waals surface area contributed by atoms with Crippen LogP contribution in [0.1, 0.15) is 15.9 Å². The highest BCUT2D eigenvalue weighted by Gasteiger charge is 2.17. The maximum absolute atomic E-state index is 12.7. The number of carbonyl (C=O) groups is 1. The fourth-order valence-electron chi connectivity index (χ4n) is 2.97. The lowest BCUT2D eigenvalue weighted by Gasteiger charge is -2.21. The topological polar surface area (TPSA) is 56.8 Å². The standard InChI is InChI=1S/C23H21NO4S/c1-29-22-14-21-20(26-11-12-27-21)13-19(22)24-23(25)17-7-9-18(10-8-17)28-15-16-5-3-2-4-6-16/h2-10,13-14H,11-12,15H2,1H3,(H,24,25). The molecular weight excluding hydrogens is 386 g/mol. The molecule has 1 amide bonds. The van der Waals surface area contributed by atoms with Gasteiger partial charge >= 0.3 is 0 Å². The Kier molecular flexibility index (Phi) is 5.91. The highest BCUT2D eigenvalue weighted by molar-refractivity contribution is 7.98. The van der Waals surface area contributed by atoms with E-state index in [0.717, 1.165) is 16.2 Å². The van der Waals surface area contributed by atoms with Crippen molar-refractivity contribution >= 4 is 23.4 Å². The summed E-state index contributed by atoms with van der Waals surface area (Å²) in [4.78, 5) is 13.6. The molecule has 1 aliphatic rings. The van der Waals surface area contributed by atoms with Gasteiger partial charge in [0.1, 0.15) is 25.6 Å². The molecule has 0 aromatic heterocycles. The molecule has 5 nitrogen and oxygen atoms in total. The molecule has 6 heteroatoms. The van der Waals surface area contributed by atoms with Crippen molar-refractivity contribution in [3.63, 3.8) is 0 Å². The van der Waals surface area contributed by atoms with Crippen molar-refractivity contribution in [2.45, 2.75) is 11.5 Å². The molecular formula is C23H21NO4S. The van der Waals surface area contributed by atoms with Gasteiger partial charge in [0.2, 0.25) is 0 Å². The highest BCUT2D eigenvalue weighted by Crippen LogP contribution is 2.39. The van der Waals surface area contributed by atoms with Crippen LogP contribution in [0.4, 0.5) is 5.69 Å². The van der Waals surface area contributed by atoms with Gasteiger partial charge in [-0.05, 0) is 42.2 Å². The third-order valence-corrected chi connectivity index (χ3v) is 5.25. The van der Waals surface area contributed by atoms with E-state index in [9.17, 15) is 4.79 Å². The Hall–Kier alpha value is -3.12. The Balaban J connectivity index is 1.43. The van der Waals surface area contributed by atoms with Gasteiger partial charge in [-0.2, -0.15) is 0 Å². The Morgan fingerprint density at radius 1 is 1.00 bits per heavy atom. The number of ether oxygens (including phenoxy) is 3. The van der Waals surface area contributed by atoms with E-state index in [2.05, 4.69) is 5.32 Å². The summed E-state index contributed by atoms with van der Waals surface area (Å²) in [6.07, 6.45) is 1.96. The minimum absolute atomic E-state index is 0.188. The van der Waals surface area contributed by atoms with Crippen LogP contribution in [0.25, 0.3) is 0 Å². The monoisotopic (exact) mass is 407 g/mol. The number of amides is 1. The number of carbonyl (C=O) groups excluding carboxylic acids is 1. The van der Waals surface area contributed by atoms with Gasteiger partial charge in [0, 0.05) is 16.5 Å². The number of anilines is 1. The smallest absolute Gasteiger partial charge is 0.255 e. The van der Waals surface area contributed by atoms with E-state index in [4.69, 9.17) is 14.2 Å². The molecule has 0 saturated carbocycles. The van der Waals surface area contributed by atoms with Crippen LogP contribution >= 0.6 is 11.8 Å². The molecule has 1 aliphatic heterocycles. The molecule has 0 radical (unpaired) electrons. The van der Waals surface area contributed by atoms with Crippen LogP contribution in [-0.2, 0) is 6.61 Å². The van der Waals surface area contributed by atoms with Gasteiger partial charge in [-0.3, -0.25) is 4.79 Å². The third-order valence-electron chi connectivity index (χ3n) is 4.48. The second kappa shape index (κ2) is 8.92. The number of benzene rings is 3. The molecule has 1 heterocycles. The Bertz CT molecular complexity index is 990. The molecule has 0 aliphatic carbocycles. The van der Waals surface area contributed by atoms with Crippen molar-refractivity contribution < 1.29 is 19.0 Å². The van der Waals surface area contributed by atoms with Gasteiger partial charge in [0.05, 0.1) is 5.69 Å². The van der Waals surface area contributed by atoms with Crippen LogP contribution in [0.2, 0.25) is 0 Å². The quantitative estimate of drug-likeness (QED) is 0.582. The molecule has 0 spiro atoms. The summed E-state index contributed by atoms with van der Waals surface area (Å²) < 4.78 is 17.0. The second-order valence-electron chi connectivity index (χ2n) is 6.45. The summed E-state index contributed by atoms with van der Waals surface area (Å²) in [5.74, 6) is 1.88. The molecule has 3 aromatic rings. The lowest BCUT2D eigenvalue weighted by atomic mass is 10.2. The first-order chi connectivity index (χ1) is 14.2. The number of nitrogens with one attached hydrogen (secondary N) is 1. The van der Waals surface area contributed by atoms with E-state index >= 15 is 0 Å². The van der Waals surface area contributed by atoms with Crippen LogP contribution in [0, 0.1) is 0 Å². The summed E-state index contributed by atoms with van der Waals surface area (Å²) in [7, 11) is 0. The molecule has 4 rings (SSSR count). The maximum atomic E-state index is 12.7. The van der Waals surface area contributed by atoms with Crippen molar-refractivity contribution in [1.29, 1.82) is 0 Å². The van der Waals surface area contributed by atoms with E-state index in [-0.39, 0.29) is 5.91 Å². The van der Waals surface area contributed by atoms with Gasteiger partial charge in [0.15, 0.2) is 11.5 Å². The molecule has 1 N–H and O–H groups in total. The summed E-state index contributed by atoms with van der Waals surface area (Å²) in [6.45, 7) is 1.52. The molecule has 29 heavy (non-hydrogen) atoms. The predicted molar refractivity (Wildman–Crippen MR) is 114 cm³/mol. The first-order valence-corrected chi connectivity index (χ1v) is 10.5. The van der Waals surface area contributed by atoms with Crippen LogP contribution < -0.4 is 19.5 Å². The lowest BCUT2D eigenvalue weighted by Crippen LogP contribution is -2.17. The molecule has 3 aromatic carbocycles. The summed E-state index contributed by atoms with van der Waals surface area (Å²) >= 11 is 1.54. The predicted octanol–water partition coefficient (Wildman–Crippen LogP) is 5.01. The fraction of sp³-hybridized carbons (Fsp3) is 0.174. The van der Waals surface area contributed by atoms with Crippen LogP contribution in [0.3, 0.4) is 0 Å². The molecule has 0 bridgehead atoms. The van der Waals surface area contributed by atoms with Crippen LogP contribution in [0.5, 0.6) is 17.2 Å². The number of hydrogen-bond donors (Lipinski definition) is 1. The summed E-state index contributed by atoms with van der Waals surface area (Å²) in [5.41, 5.74) is 2.35. The average Bonchev–Trinajstić information content (AvgIpc) is 2.78. The summed E-state index contributed by atoms with van der Waals surface area (Å²) in [6, 6.07) is 20.8. The molecule has 0 fully saturated rings. The van der Waals surface area contributed by atoms with Gasteiger partial charge < -0.3 is 19.5 Å². The van der Waals surface area contributed by atoms with E-state index < -0.39 is 0 Å². The van der Waals surface area contributed by atoms with Crippen molar-refractivity contribution in [2.24, 2.45) is 0 Å². The number of rotatable bonds is 6. The Morgan fingerprint density at radius 3 is 2.38 bits per heavy atom. The van der Waals surface area contributed by atoms with Gasteiger partial charge in [0.25, 0.3) is 5.91 Å². The third kappa shape index (κ3) is 4.66. The minimum Gasteiger partial charge on any atom is -0.489 e. The Morgan fingerprint density at radius 2 is 1.69 bits per heavy atom. The summed E-state index contributed by atoms with van der Waals surface area (Å²) in [5, 5.41) is 2.97. The first-order valence-electron chi connectivity index (χ1n) is 9.29.